The molecule has 0 bridgehead atoms. The third-order valence-electron chi connectivity index (χ3n) is 5.60. The van der Waals surface area contributed by atoms with Crippen LogP contribution in [0.1, 0.15) is 24.0 Å². The Hall–Kier alpha value is -1.14. The van der Waals surface area contributed by atoms with Crippen molar-refractivity contribution >= 4 is 28.3 Å². The second-order valence-corrected chi connectivity index (χ2v) is 8.41. The van der Waals surface area contributed by atoms with Crippen molar-refractivity contribution in [1.82, 2.24) is 4.90 Å². The van der Waals surface area contributed by atoms with Crippen molar-refractivity contribution in [2.24, 2.45) is 0 Å². The van der Waals surface area contributed by atoms with E-state index < -0.39 is 0 Å². The molecule has 0 atom stereocenters. The van der Waals surface area contributed by atoms with Gasteiger partial charge in [0, 0.05) is 41.5 Å². The van der Waals surface area contributed by atoms with Crippen LogP contribution in [-0.4, -0.2) is 37.1 Å². The summed E-state index contributed by atoms with van der Waals surface area (Å²) in [5.41, 5.74) is 4.21. The molecule has 2 aromatic rings. The van der Waals surface area contributed by atoms with Crippen molar-refractivity contribution in [3.63, 3.8) is 0 Å². The summed E-state index contributed by atoms with van der Waals surface area (Å²) in [6.07, 6.45) is 4.69. The molecule has 4 heteroatoms. The fraction of sp³-hybridized carbons (Fsp3) is 0.429. The molecule has 132 valence electrons. The molecule has 0 aromatic heterocycles. The Balaban J connectivity index is 1.30. The highest BCUT2D eigenvalue weighted by molar-refractivity contribution is 14.1. The van der Waals surface area contributed by atoms with Gasteiger partial charge < -0.3 is 9.80 Å². The van der Waals surface area contributed by atoms with E-state index in [1.807, 2.05) is 12.1 Å². The fourth-order valence-electron chi connectivity index (χ4n) is 4.17. The van der Waals surface area contributed by atoms with Crippen LogP contribution in [0.15, 0.2) is 42.5 Å². The van der Waals surface area contributed by atoms with Gasteiger partial charge in [0.25, 0.3) is 0 Å². The summed E-state index contributed by atoms with van der Waals surface area (Å²) in [6, 6.07) is 14.5. The molecule has 2 nitrogen and oxygen atoms in total. The number of fused-ring (bicyclic) bond motifs is 1. The summed E-state index contributed by atoms with van der Waals surface area (Å²) in [6.45, 7) is 4.59. The highest BCUT2D eigenvalue weighted by atomic mass is 127. The number of piperidine rings is 1. The molecule has 2 heterocycles. The zero-order valence-electron chi connectivity index (χ0n) is 14.4. The maximum absolute atomic E-state index is 13.0. The van der Waals surface area contributed by atoms with Gasteiger partial charge in [-0.2, -0.15) is 0 Å². The number of hydrogen-bond donors (Lipinski definition) is 0. The standard InChI is InChI=1S/C21H24FIN2/c22-18-3-1-16(2-4-18)7-11-24-12-9-20(10-13-24)25-14-8-17-15-19(23)5-6-21(17)25/h1-6,15,20H,7-14H2. The first-order valence-electron chi connectivity index (χ1n) is 9.21. The first kappa shape index (κ1) is 17.3. The maximum Gasteiger partial charge on any atom is 0.123 e. The topological polar surface area (TPSA) is 6.48 Å². The summed E-state index contributed by atoms with van der Waals surface area (Å²) in [5, 5.41) is 0. The second kappa shape index (κ2) is 7.62. The van der Waals surface area contributed by atoms with Gasteiger partial charge in [0.15, 0.2) is 0 Å². The Morgan fingerprint density at radius 3 is 2.52 bits per heavy atom. The molecule has 2 aromatic carbocycles. The van der Waals surface area contributed by atoms with Crippen molar-refractivity contribution in [3.8, 4) is 0 Å². The zero-order valence-corrected chi connectivity index (χ0v) is 16.6. The van der Waals surface area contributed by atoms with E-state index in [-0.39, 0.29) is 5.82 Å². The third kappa shape index (κ3) is 4.00. The summed E-state index contributed by atoms with van der Waals surface area (Å²) < 4.78 is 14.3. The summed E-state index contributed by atoms with van der Waals surface area (Å²) in [7, 11) is 0. The van der Waals surface area contributed by atoms with Crippen LogP contribution in [0.3, 0.4) is 0 Å². The largest absolute Gasteiger partial charge is 0.368 e. The van der Waals surface area contributed by atoms with Gasteiger partial charge in [-0.15, -0.1) is 0 Å². The van der Waals surface area contributed by atoms with Crippen LogP contribution in [0.5, 0.6) is 0 Å². The monoisotopic (exact) mass is 450 g/mol. The highest BCUT2D eigenvalue weighted by Gasteiger charge is 2.29. The molecule has 0 radical (unpaired) electrons. The minimum Gasteiger partial charge on any atom is -0.368 e. The van der Waals surface area contributed by atoms with Crippen LogP contribution < -0.4 is 4.90 Å². The Morgan fingerprint density at radius 2 is 1.76 bits per heavy atom. The molecule has 1 fully saturated rings. The predicted molar refractivity (Wildman–Crippen MR) is 110 cm³/mol. The molecule has 1 saturated heterocycles. The molecule has 25 heavy (non-hydrogen) atoms. The smallest absolute Gasteiger partial charge is 0.123 e. The predicted octanol–water partition coefficient (Wildman–Crippen LogP) is 4.50. The van der Waals surface area contributed by atoms with E-state index in [9.17, 15) is 4.39 Å². The quantitative estimate of drug-likeness (QED) is 0.634. The number of halogens is 2. The number of likely N-dealkylation sites (tertiary alicyclic amines) is 1. The number of rotatable bonds is 4. The summed E-state index contributed by atoms with van der Waals surface area (Å²) in [5.74, 6) is -0.148. The fourth-order valence-corrected chi connectivity index (χ4v) is 4.72. The lowest BCUT2D eigenvalue weighted by Gasteiger charge is -2.38. The van der Waals surface area contributed by atoms with Crippen LogP contribution in [-0.2, 0) is 12.8 Å². The normalized spacial score (nSPS) is 18.6. The molecule has 4 rings (SSSR count). The Labute approximate surface area is 163 Å². The number of anilines is 1. The van der Waals surface area contributed by atoms with Crippen LogP contribution in [0.4, 0.5) is 10.1 Å². The molecule has 2 aliphatic rings. The van der Waals surface area contributed by atoms with Crippen molar-refractivity contribution in [1.29, 1.82) is 0 Å². The van der Waals surface area contributed by atoms with Crippen molar-refractivity contribution in [2.75, 3.05) is 31.1 Å². The van der Waals surface area contributed by atoms with E-state index in [4.69, 9.17) is 0 Å². The third-order valence-corrected chi connectivity index (χ3v) is 6.27. The van der Waals surface area contributed by atoms with Crippen LogP contribution in [0.25, 0.3) is 0 Å². The van der Waals surface area contributed by atoms with E-state index in [1.54, 1.807) is 12.1 Å². The Kier molecular flexibility index (Phi) is 5.27. The maximum atomic E-state index is 13.0. The number of hydrogen-bond acceptors (Lipinski definition) is 2. The van der Waals surface area contributed by atoms with E-state index in [0.29, 0.717) is 6.04 Å². The SMILES string of the molecule is Fc1ccc(CCN2CCC(N3CCc4cc(I)ccc43)CC2)cc1. The minimum atomic E-state index is -0.148. The Bertz CT molecular complexity index is 723. The summed E-state index contributed by atoms with van der Waals surface area (Å²) >= 11 is 2.41. The van der Waals surface area contributed by atoms with Gasteiger partial charge in [-0.25, -0.2) is 4.39 Å². The van der Waals surface area contributed by atoms with Crippen molar-refractivity contribution in [3.05, 3.63) is 63.0 Å². The lowest BCUT2D eigenvalue weighted by Crippen LogP contribution is -2.44. The highest BCUT2D eigenvalue weighted by Crippen LogP contribution is 2.33. The van der Waals surface area contributed by atoms with Crippen molar-refractivity contribution < 1.29 is 4.39 Å². The average Bonchev–Trinajstić information content (AvgIpc) is 3.04. The van der Waals surface area contributed by atoms with Crippen LogP contribution >= 0.6 is 22.6 Å². The van der Waals surface area contributed by atoms with Crippen LogP contribution in [0, 0.1) is 9.39 Å². The van der Waals surface area contributed by atoms with Gasteiger partial charge in [-0.05, 0) is 89.7 Å². The zero-order chi connectivity index (χ0) is 17.2. The molecular formula is C21H24FIN2. The van der Waals surface area contributed by atoms with Gasteiger partial charge in [-0.3, -0.25) is 0 Å². The van der Waals surface area contributed by atoms with E-state index in [2.05, 4.69) is 50.6 Å². The first-order chi connectivity index (χ1) is 12.2. The second-order valence-electron chi connectivity index (χ2n) is 7.17. The van der Waals surface area contributed by atoms with E-state index in [0.717, 1.165) is 13.0 Å². The lowest BCUT2D eigenvalue weighted by molar-refractivity contribution is 0.212. The molecule has 2 aliphatic heterocycles. The van der Waals surface area contributed by atoms with Gasteiger partial charge in [0.05, 0.1) is 0 Å². The molecule has 0 spiro atoms. The van der Waals surface area contributed by atoms with Gasteiger partial charge >= 0.3 is 0 Å². The van der Waals surface area contributed by atoms with Crippen LogP contribution in [0.2, 0.25) is 0 Å². The van der Waals surface area contributed by atoms with E-state index >= 15 is 0 Å². The molecule has 0 unspecified atom stereocenters. The van der Waals surface area contributed by atoms with Gasteiger partial charge in [0.1, 0.15) is 5.82 Å². The molecule has 0 aliphatic carbocycles. The first-order valence-corrected chi connectivity index (χ1v) is 10.3. The summed E-state index contributed by atoms with van der Waals surface area (Å²) in [4.78, 5) is 5.20. The van der Waals surface area contributed by atoms with E-state index in [1.165, 1.54) is 59.3 Å². The molecule has 0 amide bonds. The molecule has 0 N–H and O–H groups in total. The number of benzene rings is 2. The molecule has 0 saturated carbocycles. The average molecular weight is 450 g/mol. The van der Waals surface area contributed by atoms with Crippen molar-refractivity contribution in [2.45, 2.75) is 31.7 Å². The van der Waals surface area contributed by atoms with Gasteiger partial charge in [-0.1, -0.05) is 12.1 Å². The lowest BCUT2D eigenvalue weighted by atomic mass is 10.0. The molecular weight excluding hydrogens is 426 g/mol. The Morgan fingerprint density at radius 1 is 1.00 bits per heavy atom. The minimum absolute atomic E-state index is 0.148. The van der Waals surface area contributed by atoms with Gasteiger partial charge in [0.2, 0.25) is 0 Å². The number of nitrogens with zero attached hydrogens (tertiary/aromatic N) is 2.